The molecule has 0 radical (unpaired) electrons. The lowest BCUT2D eigenvalue weighted by atomic mass is 9.80. The first kappa shape index (κ1) is 20.2. The molecular weight excluding hydrogens is 419 g/mol. The lowest BCUT2D eigenvalue weighted by Crippen LogP contribution is -2.34. The number of hydrogen-bond donors (Lipinski definition) is 0. The molecule has 3 heterocycles. The first-order valence-corrected chi connectivity index (χ1v) is 11.0. The van der Waals surface area contributed by atoms with Crippen molar-refractivity contribution in [3.8, 4) is 5.75 Å². The van der Waals surface area contributed by atoms with Crippen molar-refractivity contribution in [3.63, 3.8) is 0 Å². The van der Waals surface area contributed by atoms with Crippen molar-refractivity contribution in [1.82, 2.24) is 19.5 Å². The third kappa shape index (κ3) is 3.35. The first-order chi connectivity index (χ1) is 14.9. The van der Waals surface area contributed by atoms with E-state index in [0.29, 0.717) is 35.3 Å². The molecule has 1 amide bonds. The topological polar surface area (TPSA) is 59.7 Å². The van der Waals surface area contributed by atoms with Crippen molar-refractivity contribution in [2.45, 2.75) is 59.2 Å². The molecule has 8 heteroatoms. The number of ether oxygens (including phenoxy) is 1. The van der Waals surface area contributed by atoms with Gasteiger partial charge in [0.2, 0.25) is 0 Å². The maximum absolute atomic E-state index is 13.9. The zero-order chi connectivity index (χ0) is 21.9. The van der Waals surface area contributed by atoms with Gasteiger partial charge in [-0.3, -0.25) is 4.79 Å². The maximum atomic E-state index is 13.9. The fraction of sp³-hybridized carbons (Fsp3) is 0.435. The third-order valence-corrected chi connectivity index (χ3v) is 7.03. The Balaban J connectivity index is 1.41. The van der Waals surface area contributed by atoms with E-state index in [9.17, 15) is 9.18 Å². The largest absolute Gasteiger partial charge is 0.489 e. The molecule has 0 atom stereocenters. The number of benzene rings is 1. The average Bonchev–Trinajstić information content (AvgIpc) is 3.27. The van der Waals surface area contributed by atoms with Gasteiger partial charge < -0.3 is 9.64 Å². The molecule has 2 aliphatic rings. The summed E-state index contributed by atoms with van der Waals surface area (Å²) in [4.78, 5) is 19.6. The third-order valence-electron chi connectivity index (χ3n) is 6.48. The van der Waals surface area contributed by atoms with Gasteiger partial charge in [0, 0.05) is 11.6 Å². The Hall–Kier alpha value is -2.67. The molecule has 3 aromatic rings. The number of rotatable bonds is 4. The number of halogens is 2. The summed E-state index contributed by atoms with van der Waals surface area (Å²) in [5, 5.41) is 5.22. The highest BCUT2D eigenvalue weighted by Crippen LogP contribution is 2.36. The van der Waals surface area contributed by atoms with E-state index >= 15 is 0 Å². The second-order valence-corrected chi connectivity index (χ2v) is 8.92. The smallest absolute Gasteiger partial charge is 0.258 e. The molecule has 6 nitrogen and oxygen atoms in total. The van der Waals surface area contributed by atoms with Gasteiger partial charge in [-0.25, -0.2) is 13.9 Å². The number of carbonyl (C=O) groups excluding carboxylic acids is 1. The van der Waals surface area contributed by atoms with Crippen LogP contribution in [0.15, 0.2) is 18.2 Å². The Morgan fingerprint density at radius 2 is 2.06 bits per heavy atom. The Morgan fingerprint density at radius 1 is 1.29 bits per heavy atom. The Kier molecular flexibility index (Phi) is 4.88. The van der Waals surface area contributed by atoms with Crippen molar-refractivity contribution >= 4 is 23.2 Å². The summed E-state index contributed by atoms with van der Waals surface area (Å²) >= 11 is 6.31. The van der Waals surface area contributed by atoms with Gasteiger partial charge in [-0.05, 0) is 44.7 Å². The molecule has 0 bridgehead atoms. The van der Waals surface area contributed by atoms with E-state index in [1.165, 1.54) is 18.2 Å². The van der Waals surface area contributed by atoms with Crippen LogP contribution in [-0.2, 0) is 13.1 Å². The number of nitrogens with zero attached hydrogens (tertiary/aromatic N) is 4. The van der Waals surface area contributed by atoms with Crippen LogP contribution >= 0.6 is 11.6 Å². The highest BCUT2D eigenvalue weighted by atomic mass is 35.5. The zero-order valence-electron chi connectivity index (χ0n) is 17.8. The van der Waals surface area contributed by atoms with E-state index in [0.717, 1.165) is 47.6 Å². The molecule has 0 unspecified atom stereocenters. The lowest BCUT2D eigenvalue weighted by Gasteiger charge is -2.35. The molecule has 31 heavy (non-hydrogen) atoms. The summed E-state index contributed by atoms with van der Waals surface area (Å²) in [7, 11) is 0. The quantitative estimate of drug-likeness (QED) is 0.578. The molecule has 1 fully saturated rings. The summed E-state index contributed by atoms with van der Waals surface area (Å²) in [5.41, 5.74) is 4.40. The van der Waals surface area contributed by atoms with Gasteiger partial charge in [0.25, 0.3) is 5.91 Å². The maximum Gasteiger partial charge on any atom is 0.258 e. The standard InChI is InChI=1S/C23H24ClFN4O2/c1-4-14-7-16(8-14)31-20-9-15(25)5-6-17(20)23(30)28-10-18-19(11-28)27-29-13(3)21(24)12(2)26-22(18)29/h5-6,9,14,16H,4,7-8,10-11H2,1-3H3/t14-,16+. The molecule has 2 aromatic heterocycles. The lowest BCUT2D eigenvalue weighted by molar-refractivity contribution is 0.0587. The molecule has 162 valence electrons. The SMILES string of the molecule is CC[C@H]1C[C@@H](Oc2cc(F)ccc2C(=O)N2Cc3nn4c(C)c(Cl)c(C)nc4c3C2)C1. The van der Waals surface area contributed by atoms with E-state index in [2.05, 4.69) is 17.0 Å². The van der Waals surface area contributed by atoms with Gasteiger partial charge >= 0.3 is 0 Å². The predicted octanol–water partition coefficient (Wildman–Crippen LogP) is 4.86. The number of carbonyl (C=O) groups is 1. The fourth-order valence-electron chi connectivity index (χ4n) is 4.48. The molecule has 1 aliphatic carbocycles. The Labute approximate surface area is 185 Å². The second kappa shape index (κ2) is 7.48. The molecule has 5 rings (SSSR count). The van der Waals surface area contributed by atoms with Crippen molar-refractivity contribution in [1.29, 1.82) is 0 Å². The first-order valence-electron chi connectivity index (χ1n) is 10.6. The molecule has 1 saturated carbocycles. The van der Waals surface area contributed by atoms with Gasteiger partial charge in [0.1, 0.15) is 11.6 Å². The van der Waals surface area contributed by atoms with Crippen molar-refractivity contribution in [3.05, 3.63) is 57.2 Å². The molecule has 1 aliphatic heterocycles. The van der Waals surface area contributed by atoms with Crippen LogP contribution in [-0.4, -0.2) is 31.5 Å². The summed E-state index contributed by atoms with van der Waals surface area (Å²) < 4.78 is 21.7. The number of amides is 1. The Bertz CT molecular complexity index is 1200. The summed E-state index contributed by atoms with van der Waals surface area (Å²) in [6.07, 6.45) is 3.04. The average molecular weight is 443 g/mol. The molecule has 0 N–H and O–H groups in total. The zero-order valence-corrected chi connectivity index (χ0v) is 18.5. The summed E-state index contributed by atoms with van der Waals surface area (Å²) in [5.74, 6) is 0.364. The number of fused-ring (bicyclic) bond motifs is 3. The number of hydrogen-bond acceptors (Lipinski definition) is 4. The molecule has 0 saturated heterocycles. The van der Waals surface area contributed by atoms with E-state index in [-0.39, 0.29) is 12.0 Å². The van der Waals surface area contributed by atoms with Crippen LogP contribution in [0.4, 0.5) is 4.39 Å². The predicted molar refractivity (Wildman–Crippen MR) is 115 cm³/mol. The fourth-order valence-corrected chi connectivity index (χ4v) is 4.60. The highest BCUT2D eigenvalue weighted by Gasteiger charge is 2.34. The molecule has 1 aromatic carbocycles. The monoisotopic (exact) mass is 442 g/mol. The second-order valence-electron chi connectivity index (χ2n) is 8.54. The highest BCUT2D eigenvalue weighted by molar-refractivity contribution is 6.31. The summed E-state index contributed by atoms with van der Waals surface area (Å²) in [6.45, 7) is 6.68. The van der Waals surface area contributed by atoms with E-state index < -0.39 is 5.82 Å². The summed E-state index contributed by atoms with van der Waals surface area (Å²) in [6, 6.07) is 4.13. The van der Waals surface area contributed by atoms with Crippen LogP contribution in [0.3, 0.4) is 0 Å². The number of aryl methyl sites for hydroxylation is 2. The van der Waals surface area contributed by atoms with Crippen LogP contribution in [0, 0.1) is 25.6 Å². The van der Waals surface area contributed by atoms with Crippen LogP contribution in [0.2, 0.25) is 5.02 Å². The van der Waals surface area contributed by atoms with Crippen LogP contribution in [0.1, 0.15) is 59.2 Å². The number of aromatic nitrogens is 3. The van der Waals surface area contributed by atoms with Crippen molar-refractivity contribution in [2.24, 2.45) is 5.92 Å². The molecular formula is C23H24ClFN4O2. The van der Waals surface area contributed by atoms with Crippen molar-refractivity contribution < 1.29 is 13.9 Å². The van der Waals surface area contributed by atoms with E-state index in [4.69, 9.17) is 16.3 Å². The van der Waals surface area contributed by atoms with E-state index in [1.807, 2.05) is 13.8 Å². The van der Waals surface area contributed by atoms with Crippen LogP contribution in [0.25, 0.3) is 5.65 Å². The van der Waals surface area contributed by atoms with Gasteiger partial charge in [-0.2, -0.15) is 5.10 Å². The van der Waals surface area contributed by atoms with Gasteiger partial charge in [0.15, 0.2) is 5.65 Å². The van der Waals surface area contributed by atoms with Crippen LogP contribution < -0.4 is 4.74 Å². The molecule has 0 spiro atoms. The van der Waals surface area contributed by atoms with Gasteiger partial charge in [-0.1, -0.05) is 24.9 Å². The normalized spacial score (nSPS) is 20.1. The van der Waals surface area contributed by atoms with Crippen LogP contribution in [0.5, 0.6) is 5.75 Å². The van der Waals surface area contributed by atoms with Gasteiger partial charge in [-0.15, -0.1) is 0 Å². The van der Waals surface area contributed by atoms with Crippen molar-refractivity contribution in [2.75, 3.05) is 0 Å². The minimum absolute atomic E-state index is 0.0400. The minimum atomic E-state index is -0.410. The Morgan fingerprint density at radius 3 is 2.81 bits per heavy atom. The van der Waals surface area contributed by atoms with Gasteiger partial charge in [0.05, 0.1) is 46.9 Å². The minimum Gasteiger partial charge on any atom is -0.489 e. The van der Waals surface area contributed by atoms with E-state index in [1.54, 1.807) is 9.42 Å².